The maximum absolute atomic E-state index is 4.84. The standard InChI is InChI=1S/C15H15NOS/c1-12(16-17-2)14-10-6-7-11-15(14)18-13-8-4-3-5-9-13/h3-11H,1-2H3/b16-12+. The molecule has 0 spiro atoms. The van der Waals surface area contributed by atoms with Gasteiger partial charge in [-0.2, -0.15) is 0 Å². The lowest BCUT2D eigenvalue weighted by atomic mass is 10.1. The van der Waals surface area contributed by atoms with Gasteiger partial charge in [0.15, 0.2) is 0 Å². The Balaban J connectivity index is 2.31. The summed E-state index contributed by atoms with van der Waals surface area (Å²) in [5.74, 6) is 0. The van der Waals surface area contributed by atoms with Gasteiger partial charge in [0.1, 0.15) is 7.11 Å². The van der Waals surface area contributed by atoms with E-state index in [9.17, 15) is 0 Å². The first-order chi connectivity index (χ1) is 8.81. The monoisotopic (exact) mass is 257 g/mol. The molecule has 2 nitrogen and oxygen atoms in total. The highest BCUT2D eigenvalue weighted by Gasteiger charge is 2.06. The zero-order valence-corrected chi connectivity index (χ0v) is 11.3. The Hall–Kier alpha value is -1.74. The molecule has 2 rings (SSSR count). The lowest BCUT2D eigenvalue weighted by molar-refractivity contribution is 0.213. The third kappa shape index (κ3) is 3.14. The van der Waals surface area contributed by atoms with Gasteiger partial charge in [0, 0.05) is 15.4 Å². The molecule has 0 aliphatic rings. The van der Waals surface area contributed by atoms with Gasteiger partial charge in [-0.25, -0.2) is 0 Å². The van der Waals surface area contributed by atoms with Crippen LogP contribution in [0, 0.1) is 0 Å². The van der Waals surface area contributed by atoms with Crippen molar-refractivity contribution in [2.24, 2.45) is 5.16 Å². The van der Waals surface area contributed by atoms with Crippen molar-refractivity contribution in [3.05, 3.63) is 60.2 Å². The maximum atomic E-state index is 4.84. The normalized spacial score (nSPS) is 11.3. The van der Waals surface area contributed by atoms with Gasteiger partial charge in [0.2, 0.25) is 0 Å². The van der Waals surface area contributed by atoms with Crippen molar-refractivity contribution in [3.63, 3.8) is 0 Å². The molecule has 0 radical (unpaired) electrons. The van der Waals surface area contributed by atoms with Crippen LogP contribution in [0.5, 0.6) is 0 Å². The van der Waals surface area contributed by atoms with Crippen LogP contribution in [0.3, 0.4) is 0 Å². The Kier molecular flexibility index (Phi) is 4.42. The first kappa shape index (κ1) is 12.7. The second kappa shape index (κ2) is 6.26. The molecule has 0 aromatic heterocycles. The van der Waals surface area contributed by atoms with Gasteiger partial charge in [-0.05, 0) is 25.1 Å². The second-order valence-electron chi connectivity index (χ2n) is 3.77. The third-order valence-corrected chi connectivity index (χ3v) is 3.56. The lowest BCUT2D eigenvalue weighted by Gasteiger charge is -2.08. The van der Waals surface area contributed by atoms with Crippen molar-refractivity contribution in [2.45, 2.75) is 16.7 Å². The van der Waals surface area contributed by atoms with Crippen molar-refractivity contribution in [3.8, 4) is 0 Å². The Morgan fingerprint density at radius 2 is 1.67 bits per heavy atom. The van der Waals surface area contributed by atoms with Crippen LogP contribution in [0.2, 0.25) is 0 Å². The van der Waals surface area contributed by atoms with Gasteiger partial charge in [0.25, 0.3) is 0 Å². The van der Waals surface area contributed by atoms with Gasteiger partial charge in [-0.15, -0.1) is 0 Å². The average molecular weight is 257 g/mol. The summed E-state index contributed by atoms with van der Waals surface area (Å²) >= 11 is 1.73. The minimum Gasteiger partial charge on any atom is -0.399 e. The molecule has 2 aromatic rings. The van der Waals surface area contributed by atoms with Gasteiger partial charge in [-0.1, -0.05) is 53.3 Å². The molecule has 3 heteroatoms. The molecule has 0 amide bonds. The van der Waals surface area contributed by atoms with Crippen molar-refractivity contribution >= 4 is 17.5 Å². The molecule has 0 aliphatic heterocycles. The van der Waals surface area contributed by atoms with E-state index in [0.29, 0.717) is 0 Å². The summed E-state index contributed by atoms with van der Waals surface area (Å²) in [6, 6.07) is 18.5. The highest BCUT2D eigenvalue weighted by atomic mass is 32.2. The third-order valence-electron chi connectivity index (χ3n) is 2.48. The number of hydrogen-bond acceptors (Lipinski definition) is 3. The van der Waals surface area contributed by atoms with Crippen LogP contribution in [-0.2, 0) is 4.84 Å². The summed E-state index contributed by atoms with van der Waals surface area (Å²) in [5.41, 5.74) is 1.99. The summed E-state index contributed by atoms with van der Waals surface area (Å²) in [6.45, 7) is 1.95. The summed E-state index contributed by atoms with van der Waals surface area (Å²) in [5, 5.41) is 4.00. The lowest BCUT2D eigenvalue weighted by Crippen LogP contribution is -1.97. The molecule has 0 atom stereocenters. The van der Waals surface area contributed by atoms with E-state index >= 15 is 0 Å². The van der Waals surface area contributed by atoms with E-state index in [1.165, 1.54) is 9.79 Å². The minimum absolute atomic E-state index is 0.886. The number of oxime groups is 1. The van der Waals surface area contributed by atoms with Gasteiger partial charge in [0.05, 0.1) is 5.71 Å². The molecule has 0 heterocycles. The SMILES string of the molecule is CO/N=C(\C)c1ccccc1Sc1ccccc1. The Labute approximate surface area is 112 Å². The van der Waals surface area contributed by atoms with Crippen molar-refractivity contribution in [1.82, 2.24) is 0 Å². The van der Waals surface area contributed by atoms with E-state index in [2.05, 4.69) is 29.4 Å². The molecule has 2 aromatic carbocycles. The summed E-state index contributed by atoms with van der Waals surface area (Å²) in [4.78, 5) is 7.24. The van der Waals surface area contributed by atoms with Gasteiger partial charge < -0.3 is 4.84 Å². The summed E-state index contributed by atoms with van der Waals surface area (Å²) < 4.78 is 0. The molecule has 0 bridgehead atoms. The fraction of sp³-hybridized carbons (Fsp3) is 0.133. The van der Waals surface area contributed by atoms with Crippen LogP contribution in [0.1, 0.15) is 12.5 Å². The minimum atomic E-state index is 0.886. The van der Waals surface area contributed by atoms with Crippen LogP contribution in [-0.4, -0.2) is 12.8 Å². The summed E-state index contributed by atoms with van der Waals surface area (Å²) in [7, 11) is 1.57. The van der Waals surface area contributed by atoms with Gasteiger partial charge >= 0.3 is 0 Å². The predicted molar refractivity (Wildman–Crippen MR) is 76.2 cm³/mol. The fourth-order valence-electron chi connectivity index (χ4n) is 1.66. The van der Waals surface area contributed by atoms with E-state index in [-0.39, 0.29) is 0 Å². The van der Waals surface area contributed by atoms with E-state index in [0.717, 1.165) is 11.3 Å². The highest BCUT2D eigenvalue weighted by Crippen LogP contribution is 2.30. The molecular weight excluding hydrogens is 242 g/mol. The Morgan fingerprint density at radius 3 is 2.39 bits per heavy atom. The first-order valence-corrected chi connectivity index (χ1v) is 6.53. The van der Waals surface area contributed by atoms with Crippen molar-refractivity contribution < 1.29 is 4.84 Å². The largest absolute Gasteiger partial charge is 0.399 e. The predicted octanol–water partition coefficient (Wildman–Crippen LogP) is 4.21. The average Bonchev–Trinajstić information content (AvgIpc) is 2.41. The molecule has 0 aliphatic carbocycles. The van der Waals surface area contributed by atoms with Crippen LogP contribution in [0.4, 0.5) is 0 Å². The van der Waals surface area contributed by atoms with Crippen LogP contribution < -0.4 is 0 Å². The van der Waals surface area contributed by atoms with E-state index in [1.54, 1.807) is 18.9 Å². The maximum Gasteiger partial charge on any atom is 0.106 e. The fourth-order valence-corrected chi connectivity index (χ4v) is 2.68. The van der Waals surface area contributed by atoms with Gasteiger partial charge in [-0.3, -0.25) is 0 Å². The molecule has 92 valence electrons. The molecule has 0 fully saturated rings. The first-order valence-electron chi connectivity index (χ1n) is 5.71. The number of benzene rings is 2. The zero-order valence-electron chi connectivity index (χ0n) is 10.5. The second-order valence-corrected chi connectivity index (χ2v) is 4.89. The van der Waals surface area contributed by atoms with Crippen LogP contribution >= 0.6 is 11.8 Å². The van der Waals surface area contributed by atoms with Crippen molar-refractivity contribution in [1.29, 1.82) is 0 Å². The Bertz CT molecular complexity index is 537. The number of nitrogens with zero attached hydrogens (tertiary/aromatic N) is 1. The highest BCUT2D eigenvalue weighted by molar-refractivity contribution is 7.99. The topological polar surface area (TPSA) is 21.6 Å². The van der Waals surface area contributed by atoms with Crippen molar-refractivity contribution in [2.75, 3.05) is 7.11 Å². The molecular formula is C15H15NOS. The smallest absolute Gasteiger partial charge is 0.106 e. The number of hydrogen-bond donors (Lipinski definition) is 0. The molecule has 0 unspecified atom stereocenters. The summed E-state index contributed by atoms with van der Waals surface area (Å²) in [6.07, 6.45) is 0. The van der Waals surface area contributed by atoms with Crippen LogP contribution in [0.15, 0.2) is 69.5 Å². The van der Waals surface area contributed by atoms with E-state index < -0.39 is 0 Å². The van der Waals surface area contributed by atoms with E-state index in [1.807, 2.05) is 37.3 Å². The molecule has 18 heavy (non-hydrogen) atoms. The zero-order chi connectivity index (χ0) is 12.8. The molecule has 0 saturated carbocycles. The van der Waals surface area contributed by atoms with Crippen LogP contribution in [0.25, 0.3) is 0 Å². The van der Waals surface area contributed by atoms with E-state index in [4.69, 9.17) is 4.84 Å². The quantitative estimate of drug-likeness (QED) is 0.604. The molecule has 0 N–H and O–H groups in total. The molecule has 0 saturated heterocycles. The number of rotatable bonds is 4. The Morgan fingerprint density at radius 1 is 1.00 bits per heavy atom.